The highest BCUT2D eigenvalue weighted by molar-refractivity contribution is 8.00. The van der Waals surface area contributed by atoms with E-state index in [0.29, 0.717) is 12.2 Å². The molecular weight excluding hydrogens is 368 g/mol. The predicted octanol–water partition coefficient (Wildman–Crippen LogP) is 2.86. The number of likely N-dealkylation sites (tertiary alicyclic amines) is 1. The number of nitrogens with one attached hydrogen (secondary N) is 1. The third kappa shape index (κ3) is 6.40. The topological polar surface area (TPSA) is 59.0 Å². The largest absolute Gasteiger partial charge is 0.376 e. The summed E-state index contributed by atoms with van der Waals surface area (Å²) in [7, 11) is 1.87. The van der Waals surface area contributed by atoms with Crippen LogP contribution in [0.5, 0.6) is 0 Å². The van der Waals surface area contributed by atoms with Gasteiger partial charge in [0.15, 0.2) is 5.96 Å². The Morgan fingerprint density at radius 2 is 2.35 bits per heavy atom. The molecule has 0 aliphatic carbocycles. The van der Waals surface area contributed by atoms with Crippen LogP contribution in [0.25, 0.3) is 0 Å². The summed E-state index contributed by atoms with van der Waals surface area (Å²) in [6, 6.07) is 0. The number of hydrogen-bond acceptors (Lipinski definition) is 6. The number of piperidine rings is 1. The first-order chi connectivity index (χ1) is 12.8. The van der Waals surface area contributed by atoms with Gasteiger partial charge in [-0.15, -0.1) is 11.3 Å². The zero-order valence-corrected chi connectivity index (χ0v) is 17.2. The van der Waals surface area contributed by atoms with Gasteiger partial charge in [-0.3, -0.25) is 4.99 Å². The van der Waals surface area contributed by atoms with Crippen molar-refractivity contribution in [3.63, 3.8) is 0 Å². The van der Waals surface area contributed by atoms with Crippen LogP contribution in [0.15, 0.2) is 20.9 Å². The molecule has 2 saturated heterocycles. The molecule has 146 valence electrons. The van der Waals surface area contributed by atoms with Crippen LogP contribution in [0.1, 0.15) is 32.1 Å². The van der Waals surface area contributed by atoms with Gasteiger partial charge < -0.3 is 19.7 Å². The summed E-state index contributed by atoms with van der Waals surface area (Å²) in [4.78, 5) is 11.1. The fraction of sp³-hybridized carbons (Fsp3) is 0.778. The van der Waals surface area contributed by atoms with Crippen LogP contribution in [0.4, 0.5) is 0 Å². The second kappa shape index (κ2) is 11.1. The number of hydrogen-bond donors (Lipinski definition) is 1. The van der Waals surface area contributed by atoms with Gasteiger partial charge in [0, 0.05) is 50.6 Å². The molecule has 3 heterocycles. The molecule has 0 amide bonds. The molecule has 1 aromatic rings. The monoisotopic (exact) mass is 398 g/mol. The molecule has 2 fully saturated rings. The average Bonchev–Trinajstić information content (AvgIpc) is 3.37. The molecule has 1 aromatic heterocycles. The van der Waals surface area contributed by atoms with Crippen molar-refractivity contribution in [3.8, 4) is 0 Å². The van der Waals surface area contributed by atoms with E-state index in [9.17, 15) is 0 Å². The van der Waals surface area contributed by atoms with Gasteiger partial charge in [0.2, 0.25) is 0 Å². The Hall–Kier alpha value is -0.830. The lowest BCUT2D eigenvalue weighted by Crippen LogP contribution is -2.47. The summed E-state index contributed by atoms with van der Waals surface area (Å²) in [5, 5.41) is 5.52. The summed E-state index contributed by atoms with van der Waals surface area (Å²) in [6.07, 6.45) is 8.10. The van der Waals surface area contributed by atoms with Gasteiger partial charge in [-0.05, 0) is 32.1 Å². The van der Waals surface area contributed by atoms with Gasteiger partial charge in [0.1, 0.15) is 4.34 Å². The minimum Gasteiger partial charge on any atom is -0.376 e. The van der Waals surface area contributed by atoms with E-state index in [2.05, 4.69) is 20.2 Å². The Kier molecular flexibility index (Phi) is 8.51. The Bertz CT molecular complexity index is 527. The van der Waals surface area contributed by atoms with Crippen LogP contribution in [0.2, 0.25) is 0 Å². The molecule has 1 N–H and O–H groups in total. The second-order valence-electron chi connectivity index (χ2n) is 6.63. The maximum Gasteiger partial charge on any atom is 0.193 e. The highest BCUT2D eigenvalue weighted by Crippen LogP contribution is 2.20. The number of thioether (sulfide) groups is 1. The van der Waals surface area contributed by atoms with Crippen molar-refractivity contribution in [1.82, 2.24) is 15.2 Å². The van der Waals surface area contributed by atoms with Gasteiger partial charge in [0.25, 0.3) is 0 Å². The minimum atomic E-state index is 0.324. The van der Waals surface area contributed by atoms with E-state index in [-0.39, 0.29) is 0 Å². The molecule has 2 aliphatic rings. The fourth-order valence-corrected chi connectivity index (χ4v) is 4.95. The molecule has 1 unspecified atom stereocenters. The summed E-state index contributed by atoms with van der Waals surface area (Å²) in [5.74, 6) is 2.10. The summed E-state index contributed by atoms with van der Waals surface area (Å²) < 4.78 is 12.8. The van der Waals surface area contributed by atoms with Crippen molar-refractivity contribution in [1.29, 1.82) is 0 Å². The number of aromatic nitrogens is 1. The molecule has 0 aromatic carbocycles. The van der Waals surface area contributed by atoms with E-state index < -0.39 is 0 Å². The van der Waals surface area contributed by atoms with Gasteiger partial charge in [0.05, 0.1) is 18.8 Å². The maximum atomic E-state index is 6.06. The van der Waals surface area contributed by atoms with E-state index in [0.717, 1.165) is 74.6 Å². The minimum absolute atomic E-state index is 0.324. The van der Waals surface area contributed by atoms with E-state index in [1.54, 1.807) is 11.3 Å². The normalized spacial score (nSPS) is 22.1. The van der Waals surface area contributed by atoms with Crippen molar-refractivity contribution in [3.05, 3.63) is 11.6 Å². The predicted molar refractivity (Wildman–Crippen MR) is 108 cm³/mol. The van der Waals surface area contributed by atoms with Gasteiger partial charge in [-0.1, -0.05) is 11.8 Å². The Labute approximate surface area is 164 Å². The number of guanidine groups is 1. The summed E-state index contributed by atoms with van der Waals surface area (Å²) >= 11 is 3.53. The first kappa shape index (κ1) is 19.9. The highest BCUT2D eigenvalue weighted by atomic mass is 32.2. The average molecular weight is 399 g/mol. The molecule has 0 bridgehead atoms. The van der Waals surface area contributed by atoms with Crippen molar-refractivity contribution >= 4 is 29.1 Å². The van der Waals surface area contributed by atoms with Crippen LogP contribution in [0.3, 0.4) is 0 Å². The zero-order valence-electron chi connectivity index (χ0n) is 15.6. The molecule has 0 radical (unpaired) electrons. The third-order valence-corrected chi connectivity index (χ3v) is 6.79. The standard InChI is InChI=1S/C18H30N4O2S2/c1-19-17(20-7-3-12-25-18-21-8-13-26-18)22-9-5-15(6-10-22)24-14-16-4-2-11-23-16/h8,13,15-16H,2-7,9-12,14H2,1H3,(H,19,20). The smallest absolute Gasteiger partial charge is 0.193 e. The van der Waals surface area contributed by atoms with Crippen molar-refractivity contribution < 1.29 is 9.47 Å². The molecule has 0 saturated carbocycles. The number of rotatable bonds is 8. The number of aliphatic imine (C=N–C) groups is 1. The first-order valence-electron chi connectivity index (χ1n) is 9.56. The second-order valence-corrected chi connectivity index (χ2v) is 8.87. The van der Waals surface area contributed by atoms with Crippen molar-refractivity contribution in [2.75, 3.05) is 45.6 Å². The lowest BCUT2D eigenvalue weighted by atomic mass is 10.1. The summed E-state index contributed by atoms with van der Waals surface area (Å²) in [5.41, 5.74) is 0. The quantitative estimate of drug-likeness (QED) is 0.314. The number of ether oxygens (including phenoxy) is 2. The molecule has 2 aliphatic heterocycles. The molecular formula is C18H30N4O2S2. The van der Waals surface area contributed by atoms with Gasteiger partial charge in [-0.2, -0.15) is 0 Å². The van der Waals surface area contributed by atoms with E-state index in [1.165, 1.54) is 6.42 Å². The number of thiazole rings is 1. The Morgan fingerprint density at radius 3 is 3.04 bits per heavy atom. The van der Waals surface area contributed by atoms with E-state index in [1.807, 2.05) is 30.4 Å². The summed E-state index contributed by atoms with van der Waals surface area (Å²) in [6.45, 7) is 4.61. The zero-order chi connectivity index (χ0) is 18.0. The van der Waals surface area contributed by atoms with E-state index >= 15 is 0 Å². The number of nitrogens with zero attached hydrogens (tertiary/aromatic N) is 3. The van der Waals surface area contributed by atoms with Crippen LogP contribution < -0.4 is 5.32 Å². The molecule has 6 nitrogen and oxygen atoms in total. The van der Waals surface area contributed by atoms with Crippen LogP contribution in [-0.4, -0.2) is 73.7 Å². The van der Waals surface area contributed by atoms with Crippen molar-refractivity contribution in [2.45, 2.75) is 48.7 Å². The SMILES string of the molecule is CN=C(NCCCSc1nccs1)N1CCC(OCC2CCCO2)CC1. The first-order valence-corrected chi connectivity index (χ1v) is 11.4. The Balaban J connectivity index is 1.28. The van der Waals surface area contributed by atoms with Crippen LogP contribution in [-0.2, 0) is 9.47 Å². The van der Waals surface area contributed by atoms with Gasteiger partial charge >= 0.3 is 0 Å². The molecule has 1 atom stereocenters. The fourth-order valence-electron chi connectivity index (χ4n) is 3.30. The molecule has 0 spiro atoms. The van der Waals surface area contributed by atoms with Crippen molar-refractivity contribution in [2.24, 2.45) is 4.99 Å². The lowest BCUT2D eigenvalue weighted by molar-refractivity contribution is -0.0367. The Morgan fingerprint density at radius 1 is 1.46 bits per heavy atom. The maximum absolute atomic E-state index is 6.06. The van der Waals surface area contributed by atoms with Crippen LogP contribution >= 0.6 is 23.1 Å². The van der Waals surface area contributed by atoms with Crippen LogP contribution in [0, 0.1) is 0 Å². The molecule has 26 heavy (non-hydrogen) atoms. The molecule has 3 rings (SSSR count). The van der Waals surface area contributed by atoms with Gasteiger partial charge in [-0.25, -0.2) is 4.98 Å². The lowest BCUT2D eigenvalue weighted by Gasteiger charge is -2.34. The highest BCUT2D eigenvalue weighted by Gasteiger charge is 2.24. The van der Waals surface area contributed by atoms with E-state index in [4.69, 9.17) is 9.47 Å². The third-order valence-electron chi connectivity index (χ3n) is 4.73. The molecule has 8 heteroatoms.